The van der Waals surface area contributed by atoms with Crippen LogP contribution in [0.3, 0.4) is 0 Å². The molecule has 0 N–H and O–H groups in total. The molecule has 56 heavy (non-hydrogen) atoms. The summed E-state index contributed by atoms with van der Waals surface area (Å²) in [7, 11) is -3.13. The Morgan fingerprint density at radius 2 is 0.839 bits per heavy atom. The van der Waals surface area contributed by atoms with Gasteiger partial charge >= 0.3 is 245 Å². The Hall–Kier alpha value is -5.84. The molecule has 10 aromatic carbocycles. The van der Waals surface area contributed by atoms with Crippen LogP contribution in [0.15, 0.2) is 212 Å². The van der Waals surface area contributed by atoms with E-state index >= 15 is 0 Å². The van der Waals surface area contributed by atoms with Crippen LogP contribution in [0.1, 0.15) is 6.42 Å². The van der Waals surface area contributed by atoms with E-state index in [0.717, 1.165) is 18.3 Å². The van der Waals surface area contributed by atoms with E-state index in [9.17, 15) is 0 Å². The Kier molecular flexibility index (Phi) is 9.28. The van der Waals surface area contributed by atoms with Gasteiger partial charge in [0.25, 0.3) is 0 Å². The summed E-state index contributed by atoms with van der Waals surface area (Å²) in [5, 5.41) is 19.0. The van der Waals surface area contributed by atoms with Crippen LogP contribution < -0.4 is 36.6 Å². The van der Waals surface area contributed by atoms with Crippen LogP contribution in [0, 0.1) is 0 Å². The molecule has 0 aliphatic rings. The molecule has 0 aliphatic heterocycles. The molecule has 0 fully saturated rings. The zero-order valence-electron chi connectivity index (χ0n) is 31.2. The van der Waals surface area contributed by atoms with E-state index in [1.165, 1.54) is 74.9 Å². The second-order valence-corrected chi connectivity index (χ2v) is 20.9. The summed E-state index contributed by atoms with van der Waals surface area (Å²) in [5.74, 6) is 0.921. The van der Waals surface area contributed by atoms with E-state index in [0.29, 0.717) is 6.61 Å². The van der Waals surface area contributed by atoms with E-state index < -0.39 is 15.2 Å². The Balaban J connectivity index is 0.975. The molecule has 0 amide bonds. The van der Waals surface area contributed by atoms with Crippen molar-refractivity contribution in [1.82, 2.24) is 0 Å². The van der Waals surface area contributed by atoms with Crippen LogP contribution in [0.25, 0.3) is 43.1 Å². The minimum absolute atomic E-state index is 0.664. The van der Waals surface area contributed by atoms with Crippen LogP contribution in [-0.2, 0) is 0 Å². The average Bonchev–Trinajstić information content (AvgIpc) is 3.28. The van der Waals surface area contributed by atoms with Gasteiger partial charge in [0.1, 0.15) is 0 Å². The standard InChI is InChI=1S/C53H42OP2/c1-5-19-41(20-6-1)55(51-36-35-49-47-28-14-18-39-17-13-27-46(52(39)47)48-29-15-30-50(51)53(48)49)42-33-31-40(32-34-42)54-37-16-38-56(43-21-7-2-8-22-43,44-23-9-3-10-24-44)45-25-11-4-12-26-45/h1-15,17-36,56H,16,37-38H2. The van der Waals surface area contributed by atoms with Crippen molar-refractivity contribution in [2.75, 3.05) is 12.8 Å². The summed E-state index contributed by atoms with van der Waals surface area (Å²) in [6.07, 6.45) is 2.02. The summed E-state index contributed by atoms with van der Waals surface area (Å²) in [6, 6.07) is 78.7. The van der Waals surface area contributed by atoms with Gasteiger partial charge in [0.2, 0.25) is 0 Å². The molecule has 10 rings (SSSR count). The first-order chi connectivity index (χ1) is 27.8. The fourth-order valence-electron chi connectivity index (χ4n) is 9.15. The Morgan fingerprint density at radius 1 is 0.375 bits per heavy atom. The number of hydrogen-bond acceptors (Lipinski definition) is 1. The summed E-state index contributed by atoms with van der Waals surface area (Å²) < 4.78 is 6.57. The summed E-state index contributed by atoms with van der Waals surface area (Å²) in [6.45, 7) is 0.664. The Labute approximate surface area is 330 Å². The van der Waals surface area contributed by atoms with Gasteiger partial charge < -0.3 is 0 Å². The molecule has 1 nitrogen and oxygen atoms in total. The predicted octanol–water partition coefficient (Wildman–Crippen LogP) is 11.0. The monoisotopic (exact) mass is 756 g/mol. The first-order valence-electron chi connectivity index (χ1n) is 19.6. The van der Waals surface area contributed by atoms with Crippen molar-refractivity contribution in [3.8, 4) is 5.75 Å². The number of hydrogen-bond donors (Lipinski definition) is 0. The van der Waals surface area contributed by atoms with Gasteiger partial charge in [-0.05, 0) is 32.3 Å². The number of ether oxygens (including phenoxy) is 1. The molecule has 1 atom stereocenters. The van der Waals surface area contributed by atoms with E-state index in [1.807, 2.05) is 0 Å². The molecule has 0 bridgehead atoms. The van der Waals surface area contributed by atoms with Crippen molar-refractivity contribution in [3.05, 3.63) is 212 Å². The molecule has 3 heteroatoms. The van der Waals surface area contributed by atoms with Crippen molar-refractivity contribution >= 4 is 90.1 Å². The molecule has 0 aliphatic carbocycles. The van der Waals surface area contributed by atoms with Crippen LogP contribution in [0.2, 0.25) is 0 Å². The third kappa shape index (κ3) is 6.04. The number of rotatable bonds is 11. The van der Waals surface area contributed by atoms with Crippen molar-refractivity contribution in [2.24, 2.45) is 0 Å². The van der Waals surface area contributed by atoms with Crippen LogP contribution >= 0.6 is 15.2 Å². The van der Waals surface area contributed by atoms with E-state index in [2.05, 4.69) is 212 Å². The topological polar surface area (TPSA) is 9.23 Å². The maximum absolute atomic E-state index is 6.57. The normalized spacial score (nSPS) is 12.7. The first-order valence-corrected chi connectivity index (χ1v) is 23.2. The van der Waals surface area contributed by atoms with Crippen LogP contribution in [0.5, 0.6) is 5.75 Å². The Morgan fingerprint density at radius 3 is 1.41 bits per heavy atom. The van der Waals surface area contributed by atoms with Gasteiger partial charge in [0, 0.05) is 0 Å². The van der Waals surface area contributed by atoms with Gasteiger partial charge in [-0.15, -0.1) is 0 Å². The van der Waals surface area contributed by atoms with Crippen molar-refractivity contribution in [3.63, 3.8) is 0 Å². The van der Waals surface area contributed by atoms with E-state index in [1.54, 1.807) is 0 Å². The number of benzene rings is 10. The number of fused-ring (bicyclic) bond motifs is 2. The molecule has 270 valence electrons. The zero-order valence-corrected chi connectivity index (χ0v) is 33.1. The molecule has 0 aromatic heterocycles. The summed E-state index contributed by atoms with van der Waals surface area (Å²) in [4.78, 5) is 0. The SMILES string of the molecule is c1ccc(P(c2ccc(OCCC[PH](c3ccccc3)(c3ccccc3)c3ccccc3)cc2)c2ccc3c4cccc5cccc(c6cccc2c63)c54)cc1. The second kappa shape index (κ2) is 15.0. The minimum atomic E-state index is -2.30. The molecule has 0 spiro atoms. The van der Waals surface area contributed by atoms with Crippen LogP contribution in [-0.4, -0.2) is 12.8 Å². The molecule has 0 saturated heterocycles. The van der Waals surface area contributed by atoms with Gasteiger partial charge in [-0.1, -0.05) is 54.6 Å². The van der Waals surface area contributed by atoms with Gasteiger partial charge in [-0.2, -0.15) is 0 Å². The zero-order chi connectivity index (χ0) is 37.3. The third-order valence-corrected chi connectivity index (χ3v) is 19.2. The molecule has 10 aromatic rings. The summed E-state index contributed by atoms with van der Waals surface area (Å²) in [5.41, 5.74) is 0. The van der Waals surface area contributed by atoms with Gasteiger partial charge in [0.05, 0.1) is 0 Å². The van der Waals surface area contributed by atoms with Gasteiger partial charge in [-0.3, -0.25) is 0 Å². The predicted molar refractivity (Wildman–Crippen MR) is 248 cm³/mol. The van der Waals surface area contributed by atoms with Gasteiger partial charge in [0.15, 0.2) is 0 Å². The van der Waals surface area contributed by atoms with Crippen molar-refractivity contribution < 1.29 is 4.74 Å². The van der Waals surface area contributed by atoms with Gasteiger partial charge in [-0.25, -0.2) is 0 Å². The van der Waals surface area contributed by atoms with E-state index in [4.69, 9.17) is 4.74 Å². The molecule has 1 unspecified atom stereocenters. The summed E-state index contributed by atoms with van der Waals surface area (Å²) >= 11 is 0. The molecule has 0 saturated carbocycles. The van der Waals surface area contributed by atoms with E-state index in [-0.39, 0.29) is 0 Å². The Bertz CT molecular complexity index is 2750. The average molecular weight is 757 g/mol. The second-order valence-electron chi connectivity index (χ2n) is 14.7. The third-order valence-electron chi connectivity index (χ3n) is 11.6. The van der Waals surface area contributed by atoms with Crippen molar-refractivity contribution in [1.29, 1.82) is 0 Å². The fraction of sp³-hybridized carbons (Fsp3) is 0.0566. The van der Waals surface area contributed by atoms with Crippen LogP contribution in [0.4, 0.5) is 0 Å². The molecule has 0 heterocycles. The maximum atomic E-state index is 6.57. The molecule has 0 radical (unpaired) electrons. The van der Waals surface area contributed by atoms with Crippen molar-refractivity contribution in [2.45, 2.75) is 6.42 Å². The quantitative estimate of drug-likeness (QED) is 0.0553. The molecular weight excluding hydrogens is 715 g/mol. The molecular formula is C53H42OP2. The first kappa shape index (κ1) is 34.6. The fourth-order valence-corrected chi connectivity index (χ4v) is 16.4.